The molecule has 1 saturated heterocycles. The number of carbonyl (C=O) groups excluding carboxylic acids is 1. The summed E-state index contributed by atoms with van der Waals surface area (Å²) in [6.45, 7) is 4.94. The van der Waals surface area contributed by atoms with E-state index in [0.717, 1.165) is 18.0 Å². The van der Waals surface area contributed by atoms with E-state index < -0.39 is 0 Å². The smallest absolute Gasteiger partial charge is 0.223 e. The third-order valence-electron chi connectivity index (χ3n) is 2.84. The molecule has 0 saturated carbocycles. The molecule has 1 fully saturated rings. The van der Waals surface area contributed by atoms with Crippen molar-refractivity contribution in [3.05, 3.63) is 5.01 Å². The maximum atomic E-state index is 10.8. The Balaban J connectivity index is 1.78. The van der Waals surface area contributed by atoms with E-state index in [4.69, 9.17) is 0 Å². The Morgan fingerprint density at radius 1 is 1.35 bits per heavy atom. The first-order chi connectivity index (χ1) is 8.24. The van der Waals surface area contributed by atoms with Crippen molar-refractivity contribution < 1.29 is 4.79 Å². The van der Waals surface area contributed by atoms with Gasteiger partial charge in [-0.25, -0.2) is 0 Å². The van der Waals surface area contributed by atoms with Gasteiger partial charge in [-0.3, -0.25) is 4.79 Å². The van der Waals surface area contributed by atoms with E-state index in [0.29, 0.717) is 5.13 Å². The Hall–Kier alpha value is -1.01. The van der Waals surface area contributed by atoms with Gasteiger partial charge in [0.1, 0.15) is 5.01 Å². The van der Waals surface area contributed by atoms with Gasteiger partial charge in [-0.15, -0.1) is 10.2 Å². The van der Waals surface area contributed by atoms with Gasteiger partial charge in [0.25, 0.3) is 0 Å². The molecule has 0 aromatic carbocycles. The van der Waals surface area contributed by atoms with Gasteiger partial charge in [-0.2, -0.15) is 0 Å². The van der Waals surface area contributed by atoms with Crippen molar-refractivity contribution in [2.24, 2.45) is 0 Å². The molecule has 2 heterocycles. The van der Waals surface area contributed by atoms with E-state index >= 15 is 0 Å². The molecule has 6 heteroatoms. The third kappa shape index (κ3) is 4.05. The fourth-order valence-electron chi connectivity index (χ4n) is 1.99. The van der Waals surface area contributed by atoms with Gasteiger partial charge in [0.2, 0.25) is 11.0 Å². The van der Waals surface area contributed by atoms with E-state index in [9.17, 15) is 4.79 Å². The summed E-state index contributed by atoms with van der Waals surface area (Å²) in [7, 11) is 0. The topological polar surface area (TPSA) is 58.1 Å². The van der Waals surface area contributed by atoms with Crippen molar-refractivity contribution in [3.8, 4) is 0 Å². The van der Waals surface area contributed by atoms with Crippen LogP contribution >= 0.6 is 11.3 Å². The Bertz CT molecular complexity index is 373. The van der Waals surface area contributed by atoms with Gasteiger partial charge in [-0.05, 0) is 25.9 Å². The Labute approximate surface area is 105 Å². The molecule has 1 aromatic heterocycles. The molecule has 1 amide bonds. The van der Waals surface area contributed by atoms with Gasteiger partial charge >= 0.3 is 0 Å². The molecule has 5 nitrogen and oxygen atoms in total. The van der Waals surface area contributed by atoms with E-state index in [1.54, 1.807) is 0 Å². The van der Waals surface area contributed by atoms with Crippen molar-refractivity contribution in [2.45, 2.75) is 32.6 Å². The van der Waals surface area contributed by atoms with Crippen LogP contribution in [0, 0.1) is 0 Å². The lowest BCUT2D eigenvalue weighted by Gasteiger charge is -2.25. The summed E-state index contributed by atoms with van der Waals surface area (Å²) in [5, 5.41) is 12.3. The maximum absolute atomic E-state index is 10.8. The van der Waals surface area contributed by atoms with Crippen LogP contribution in [0.3, 0.4) is 0 Å². The van der Waals surface area contributed by atoms with Crippen LogP contribution in [0.1, 0.15) is 31.2 Å². The molecule has 17 heavy (non-hydrogen) atoms. The van der Waals surface area contributed by atoms with Crippen molar-refractivity contribution in [2.75, 3.05) is 25.0 Å². The number of hydrogen-bond acceptors (Lipinski definition) is 5. The predicted molar refractivity (Wildman–Crippen MR) is 68.2 cm³/mol. The van der Waals surface area contributed by atoms with Gasteiger partial charge in [0, 0.05) is 19.9 Å². The molecule has 1 N–H and O–H groups in total. The van der Waals surface area contributed by atoms with Crippen LogP contribution < -0.4 is 5.32 Å². The lowest BCUT2D eigenvalue weighted by Crippen LogP contribution is -2.31. The number of anilines is 1. The van der Waals surface area contributed by atoms with Gasteiger partial charge < -0.3 is 10.2 Å². The lowest BCUT2D eigenvalue weighted by molar-refractivity contribution is -0.114. The highest BCUT2D eigenvalue weighted by molar-refractivity contribution is 7.15. The number of nitrogens with one attached hydrogen (secondary N) is 1. The minimum atomic E-state index is -0.0938. The highest BCUT2D eigenvalue weighted by Crippen LogP contribution is 2.16. The van der Waals surface area contributed by atoms with Crippen LogP contribution in [0.4, 0.5) is 5.13 Å². The Morgan fingerprint density at radius 3 is 2.82 bits per heavy atom. The summed E-state index contributed by atoms with van der Waals surface area (Å²) < 4.78 is 0. The molecule has 1 aliphatic heterocycles. The summed E-state index contributed by atoms with van der Waals surface area (Å²) in [4.78, 5) is 13.3. The minimum absolute atomic E-state index is 0.0938. The molecular formula is C11H18N4OS. The van der Waals surface area contributed by atoms with Crippen LogP contribution in [0.25, 0.3) is 0 Å². The van der Waals surface area contributed by atoms with Crippen LogP contribution in [0.15, 0.2) is 0 Å². The molecule has 0 atom stereocenters. The van der Waals surface area contributed by atoms with Gasteiger partial charge in [0.15, 0.2) is 0 Å². The van der Waals surface area contributed by atoms with Crippen LogP contribution in [0.2, 0.25) is 0 Å². The first-order valence-corrected chi connectivity index (χ1v) is 6.88. The average molecular weight is 254 g/mol. The third-order valence-corrected chi connectivity index (χ3v) is 3.74. The van der Waals surface area contributed by atoms with E-state index in [1.165, 1.54) is 50.6 Å². The van der Waals surface area contributed by atoms with Gasteiger partial charge in [0.05, 0.1) is 0 Å². The maximum Gasteiger partial charge on any atom is 0.223 e. The molecule has 1 aliphatic rings. The van der Waals surface area contributed by atoms with Crippen LogP contribution in [0.5, 0.6) is 0 Å². The number of aromatic nitrogens is 2. The molecule has 0 unspecified atom stereocenters. The van der Waals surface area contributed by atoms with Crippen LogP contribution in [-0.4, -0.2) is 40.6 Å². The number of nitrogens with zero attached hydrogens (tertiary/aromatic N) is 3. The van der Waals surface area contributed by atoms with E-state index in [2.05, 4.69) is 20.4 Å². The molecule has 1 aromatic rings. The fraction of sp³-hybridized carbons (Fsp3) is 0.727. The Kier molecular flexibility index (Phi) is 4.44. The number of piperidine rings is 1. The van der Waals surface area contributed by atoms with E-state index in [-0.39, 0.29) is 5.91 Å². The molecular weight excluding hydrogens is 236 g/mol. The number of amides is 1. The van der Waals surface area contributed by atoms with Crippen molar-refractivity contribution in [1.82, 2.24) is 15.1 Å². The van der Waals surface area contributed by atoms with Gasteiger partial charge in [-0.1, -0.05) is 17.8 Å². The fourth-order valence-corrected chi connectivity index (χ4v) is 2.77. The zero-order valence-electron chi connectivity index (χ0n) is 10.1. The summed E-state index contributed by atoms with van der Waals surface area (Å²) in [5.41, 5.74) is 0. The molecule has 0 spiro atoms. The van der Waals surface area contributed by atoms with Crippen LogP contribution in [-0.2, 0) is 11.2 Å². The zero-order chi connectivity index (χ0) is 12.1. The summed E-state index contributed by atoms with van der Waals surface area (Å²) >= 11 is 1.47. The summed E-state index contributed by atoms with van der Waals surface area (Å²) in [6.07, 6.45) is 4.92. The zero-order valence-corrected chi connectivity index (χ0v) is 10.9. The van der Waals surface area contributed by atoms with E-state index in [1.807, 2.05) is 0 Å². The molecule has 94 valence electrons. The second-order valence-electron chi connectivity index (χ2n) is 4.33. The molecule has 2 rings (SSSR count). The quantitative estimate of drug-likeness (QED) is 0.885. The standard InChI is InChI=1S/C11H18N4OS/c1-9(16)12-11-14-13-10(17-11)5-8-15-6-3-2-4-7-15/h2-8H2,1H3,(H,12,14,16). The second-order valence-corrected chi connectivity index (χ2v) is 5.40. The minimum Gasteiger partial charge on any atom is -0.303 e. The highest BCUT2D eigenvalue weighted by atomic mass is 32.1. The van der Waals surface area contributed by atoms with Crippen molar-refractivity contribution in [1.29, 1.82) is 0 Å². The summed E-state index contributed by atoms with van der Waals surface area (Å²) in [6, 6.07) is 0. The predicted octanol–water partition coefficient (Wildman–Crippen LogP) is 1.52. The number of likely N-dealkylation sites (tertiary alicyclic amines) is 1. The lowest BCUT2D eigenvalue weighted by atomic mass is 10.1. The molecule has 0 radical (unpaired) electrons. The molecule has 0 bridgehead atoms. The number of rotatable bonds is 4. The normalized spacial score (nSPS) is 17.0. The number of hydrogen-bond donors (Lipinski definition) is 1. The monoisotopic (exact) mass is 254 g/mol. The largest absolute Gasteiger partial charge is 0.303 e. The highest BCUT2D eigenvalue weighted by Gasteiger charge is 2.11. The summed E-state index contributed by atoms with van der Waals surface area (Å²) in [5.74, 6) is -0.0938. The second kappa shape index (κ2) is 6.07. The first-order valence-electron chi connectivity index (χ1n) is 6.06. The van der Waals surface area contributed by atoms with Crippen molar-refractivity contribution >= 4 is 22.4 Å². The Morgan fingerprint density at radius 2 is 2.12 bits per heavy atom. The van der Waals surface area contributed by atoms with Crippen molar-refractivity contribution in [3.63, 3.8) is 0 Å². The number of carbonyl (C=O) groups is 1. The SMILES string of the molecule is CC(=O)Nc1nnc(CCN2CCCCC2)s1. The molecule has 0 aliphatic carbocycles. The average Bonchev–Trinajstić information content (AvgIpc) is 2.75. The first kappa shape index (κ1) is 12.4.